The third-order valence-corrected chi connectivity index (χ3v) is 3.44. The van der Waals surface area contributed by atoms with Crippen LogP contribution in [0.25, 0.3) is 0 Å². The Balaban J connectivity index is 1.66. The predicted molar refractivity (Wildman–Crippen MR) is 74.5 cm³/mol. The van der Waals surface area contributed by atoms with Crippen molar-refractivity contribution in [2.24, 2.45) is 16.6 Å². The van der Waals surface area contributed by atoms with Gasteiger partial charge in [-0.05, 0) is 43.7 Å². The average molecular weight is 246 g/mol. The van der Waals surface area contributed by atoms with Gasteiger partial charge in [0.2, 0.25) is 0 Å². The molecule has 0 amide bonds. The van der Waals surface area contributed by atoms with Crippen molar-refractivity contribution in [2.45, 2.75) is 32.6 Å². The molecule has 1 aromatic rings. The van der Waals surface area contributed by atoms with Gasteiger partial charge in [0.25, 0.3) is 0 Å². The van der Waals surface area contributed by atoms with E-state index in [-0.39, 0.29) is 0 Å². The molecule has 0 atom stereocenters. The summed E-state index contributed by atoms with van der Waals surface area (Å²) in [6, 6.07) is 4.13. The number of hydrogen-bond donors (Lipinski definition) is 2. The zero-order valence-corrected chi connectivity index (χ0v) is 11.0. The van der Waals surface area contributed by atoms with Crippen molar-refractivity contribution in [3.8, 4) is 0 Å². The molecule has 0 aliphatic heterocycles. The summed E-state index contributed by atoms with van der Waals surface area (Å²) in [5.41, 5.74) is 8.08. The molecule has 2 rings (SSSR count). The Bertz CT molecular complexity index is 393. The van der Waals surface area contributed by atoms with Gasteiger partial charge in [0.1, 0.15) is 0 Å². The van der Waals surface area contributed by atoms with Gasteiger partial charge in [0.15, 0.2) is 5.96 Å². The first kappa shape index (κ1) is 12.9. The van der Waals surface area contributed by atoms with Crippen molar-refractivity contribution in [1.82, 2.24) is 10.3 Å². The van der Waals surface area contributed by atoms with Crippen molar-refractivity contribution >= 4 is 5.96 Å². The molecular weight excluding hydrogens is 224 g/mol. The van der Waals surface area contributed by atoms with Crippen LogP contribution >= 0.6 is 0 Å². The molecule has 1 aromatic heterocycles. The molecule has 0 radical (unpaired) electrons. The largest absolute Gasteiger partial charge is 0.370 e. The lowest BCUT2D eigenvalue weighted by Gasteiger charge is -2.23. The molecule has 0 saturated heterocycles. The van der Waals surface area contributed by atoms with Gasteiger partial charge in [-0.25, -0.2) is 0 Å². The zero-order valence-electron chi connectivity index (χ0n) is 11.0. The first-order chi connectivity index (χ1) is 8.74. The number of pyridine rings is 1. The Morgan fingerprint density at radius 2 is 2.33 bits per heavy atom. The number of aryl methyl sites for hydroxylation is 1. The van der Waals surface area contributed by atoms with Crippen molar-refractivity contribution in [1.29, 1.82) is 0 Å². The molecule has 1 heterocycles. The minimum atomic E-state index is 0.571. The molecule has 4 heteroatoms. The SMILES string of the molecule is Cc1ccc(CCNC(N)=NCC2CCC2)cn1. The first-order valence-electron chi connectivity index (χ1n) is 6.69. The first-order valence-corrected chi connectivity index (χ1v) is 6.69. The lowest BCUT2D eigenvalue weighted by molar-refractivity contribution is 0.326. The van der Waals surface area contributed by atoms with Gasteiger partial charge in [-0.1, -0.05) is 12.5 Å². The van der Waals surface area contributed by atoms with E-state index in [1.807, 2.05) is 19.2 Å². The van der Waals surface area contributed by atoms with Gasteiger partial charge >= 0.3 is 0 Å². The number of nitrogens with one attached hydrogen (secondary N) is 1. The lowest BCUT2D eigenvalue weighted by Crippen LogP contribution is -2.34. The monoisotopic (exact) mass is 246 g/mol. The molecule has 1 aliphatic rings. The van der Waals surface area contributed by atoms with E-state index in [0.29, 0.717) is 5.96 Å². The van der Waals surface area contributed by atoms with Crippen molar-refractivity contribution in [2.75, 3.05) is 13.1 Å². The summed E-state index contributed by atoms with van der Waals surface area (Å²) < 4.78 is 0. The second-order valence-electron chi connectivity index (χ2n) is 5.01. The molecule has 0 aromatic carbocycles. The van der Waals surface area contributed by atoms with E-state index < -0.39 is 0 Å². The Morgan fingerprint density at radius 3 is 2.94 bits per heavy atom. The third kappa shape index (κ3) is 4.02. The van der Waals surface area contributed by atoms with Crippen LogP contribution in [0.3, 0.4) is 0 Å². The number of nitrogens with two attached hydrogens (primary N) is 1. The summed E-state index contributed by atoms with van der Waals surface area (Å²) in [5, 5.41) is 3.15. The van der Waals surface area contributed by atoms with Crippen LogP contribution in [0.1, 0.15) is 30.5 Å². The van der Waals surface area contributed by atoms with Gasteiger partial charge in [0.05, 0.1) is 0 Å². The van der Waals surface area contributed by atoms with Crippen LogP contribution in [-0.2, 0) is 6.42 Å². The Morgan fingerprint density at radius 1 is 1.50 bits per heavy atom. The van der Waals surface area contributed by atoms with Crippen LogP contribution in [0, 0.1) is 12.8 Å². The topological polar surface area (TPSA) is 63.3 Å². The second kappa shape index (κ2) is 6.38. The van der Waals surface area contributed by atoms with Gasteiger partial charge in [-0.2, -0.15) is 0 Å². The van der Waals surface area contributed by atoms with E-state index in [2.05, 4.69) is 21.4 Å². The summed E-state index contributed by atoms with van der Waals surface area (Å²) in [4.78, 5) is 8.62. The van der Waals surface area contributed by atoms with Crippen LogP contribution in [0.5, 0.6) is 0 Å². The van der Waals surface area contributed by atoms with E-state index in [0.717, 1.165) is 31.1 Å². The molecule has 3 N–H and O–H groups in total. The fraction of sp³-hybridized carbons (Fsp3) is 0.571. The van der Waals surface area contributed by atoms with Gasteiger partial charge in [-0.15, -0.1) is 0 Å². The molecule has 0 spiro atoms. The summed E-state index contributed by atoms with van der Waals surface area (Å²) in [6.07, 6.45) is 6.82. The number of guanidine groups is 1. The number of aromatic nitrogens is 1. The highest BCUT2D eigenvalue weighted by Crippen LogP contribution is 2.26. The molecule has 4 nitrogen and oxygen atoms in total. The maximum absolute atomic E-state index is 5.81. The fourth-order valence-corrected chi connectivity index (χ4v) is 1.94. The molecular formula is C14H22N4. The highest BCUT2D eigenvalue weighted by atomic mass is 15.1. The summed E-state index contributed by atoms with van der Waals surface area (Å²) in [7, 11) is 0. The van der Waals surface area contributed by atoms with Gasteiger partial charge in [-0.3, -0.25) is 9.98 Å². The van der Waals surface area contributed by atoms with Crippen LogP contribution in [-0.4, -0.2) is 24.0 Å². The van der Waals surface area contributed by atoms with E-state index in [1.165, 1.54) is 24.8 Å². The second-order valence-corrected chi connectivity index (χ2v) is 5.01. The third-order valence-electron chi connectivity index (χ3n) is 3.44. The van der Waals surface area contributed by atoms with Crippen LogP contribution < -0.4 is 11.1 Å². The molecule has 1 aliphatic carbocycles. The number of rotatable bonds is 5. The lowest BCUT2D eigenvalue weighted by atomic mass is 9.86. The number of nitrogens with zero attached hydrogens (tertiary/aromatic N) is 2. The highest BCUT2D eigenvalue weighted by molar-refractivity contribution is 5.77. The van der Waals surface area contributed by atoms with Gasteiger partial charge < -0.3 is 11.1 Å². The van der Waals surface area contributed by atoms with Crippen molar-refractivity contribution in [3.05, 3.63) is 29.6 Å². The van der Waals surface area contributed by atoms with E-state index in [9.17, 15) is 0 Å². The minimum Gasteiger partial charge on any atom is -0.370 e. The number of hydrogen-bond acceptors (Lipinski definition) is 2. The summed E-state index contributed by atoms with van der Waals surface area (Å²) in [5.74, 6) is 1.34. The quantitative estimate of drug-likeness (QED) is 0.613. The van der Waals surface area contributed by atoms with Crippen molar-refractivity contribution < 1.29 is 0 Å². The van der Waals surface area contributed by atoms with Crippen LogP contribution in [0.15, 0.2) is 23.3 Å². The Hall–Kier alpha value is -1.58. The maximum atomic E-state index is 5.81. The Kier molecular flexibility index (Phi) is 4.56. The molecule has 1 saturated carbocycles. The average Bonchev–Trinajstić information content (AvgIpc) is 2.30. The number of aliphatic imine (C=N–C) groups is 1. The molecule has 0 unspecified atom stereocenters. The molecule has 98 valence electrons. The normalized spacial score (nSPS) is 16.4. The maximum Gasteiger partial charge on any atom is 0.188 e. The fourth-order valence-electron chi connectivity index (χ4n) is 1.94. The van der Waals surface area contributed by atoms with Gasteiger partial charge in [0, 0.05) is 25.0 Å². The zero-order chi connectivity index (χ0) is 12.8. The Labute approximate surface area is 109 Å². The van der Waals surface area contributed by atoms with Crippen LogP contribution in [0.4, 0.5) is 0 Å². The summed E-state index contributed by atoms with van der Waals surface area (Å²) in [6.45, 7) is 3.68. The highest BCUT2D eigenvalue weighted by Gasteiger charge is 2.16. The molecule has 1 fully saturated rings. The van der Waals surface area contributed by atoms with Crippen molar-refractivity contribution in [3.63, 3.8) is 0 Å². The standard InChI is InChI=1S/C14H22N4/c1-11-5-6-13(9-17-11)7-8-16-14(15)18-10-12-3-2-4-12/h5-6,9,12H,2-4,7-8,10H2,1H3,(H3,15,16,18). The predicted octanol–water partition coefficient (Wildman–Crippen LogP) is 1.64. The minimum absolute atomic E-state index is 0.571. The van der Waals surface area contributed by atoms with E-state index in [1.54, 1.807) is 0 Å². The molecule has 18 heavy (non-hydrogen) atoms. The smallest absolute Gasteiger partial charge is 0.188 e. The van der Waals surface area contributed by atoms with E-state index >= 15 is 0 Å². The van der Waals surface area contributed by atoms with E-state index in [4.69, 9.17) is 5.73 Å². The summed E-state index contributed by atoms with van der Waals surface area (Å²) >= 11 is 0. The molecule has 0 bridgehead atoms. The van der Waals surface area contributed by atoms with Crippen LogP contribution in [0.2, 0.25) is 0 Å².